The fourth-order valence-corrected chi connectivity index (χ4v) is 7.41. The Balaban J connectivity index is 1.58. The molecule has 4 bridgehead atoms. The predicted octanol–water partition coefficient (Wildman–Crippen LogP) is 3.23. The smallest absolute Gasteiger partial charge is 0.00507 e. The summed E-state index contributed by atoms with van der Waals surface area (Å²) in [7, 11) is 0. The molecule has 0 aromatic carbocycles. The van der Waals surface area contributed by atoms with Gasteiger partial charge in [-0.2, -0.15) is 12.6 Å². The third kappa shape index (κ3) is 0.769. The highest BCUT2D eigenvalue weighted by atomic mass is 32.1. The topological polar surface area (TPSA) is 0 Å². The number of thiol groups is 1. The third-order valence-corrected chi connectivity index (χ3v) is 7.71. The molecule has 0 N–H and O–H groups in total. The molecule has 0 spiro atoms. The Bertz CT molecular complexity index is 325. The van der Waals surface area contributed by atoms with E-state index in [1.807, 2.05) is 0 Å². The Labute approximate surface area is 97.6 Å². The molecule has 5 aliphatic carbocycles. The summed E-state index contributed by atoms with van der Waals surface area (Å²) in [5, 5.41) is 0.786. The number of hydrogen-bond donors (Lipinski definition) is 1. The van der Waals surface area contributed by atoms with Gasteiger partial charge in [-0.1, -0.05) is 0 Å². The lowest BCUT2D eigenvalue weighted by Gasteiger charge is -2.49. The summed E-state index contributed by atoms with van der Waals surface area (Å²) in [4.78, 5) is 0. The summed E-state index contributed by atoms with van der Waals surface area (Å²) in [5.41, 5.74) is 0. The van der Waals surface area contributed by atoms with Gasteiger partial charge in [0.1, 0.15) is 0 Å². The van der Waals surface area contributed by atoms with E-state index in [9.17, 15) is 0 Å². The van der Waals surface area contributed by atoms with Gasteiger partial charge in [-0.05, 0) is 79.4 Å². The van der Waals surface area contributed by atoms with Gasteiger partial charge in [0.15, 0.2) is 0 Å². The molecular formula is C14H20S. The van der Waals surface area contributed by atoms with E-state index in [4.69, 9.17) is 12.6 Å². The molecule has 9 unspecified atom stereocenters. The average Bonchev–Trinajstić information content (AvgIpc) is 2.78. The standard InChI is InChI=1S/C14H20S/c15-12-4-6-3-11(12)14-10-5-9(13(6)14)7-1-2-8(7)10/h6-15H,1-5H2. The second-order valence-corrected chi connectivity index (χ2v) is 7.75. The largest absolute Gasteiger partial charge is 0.176 e. The van der Waals surface area contributed by atoms with Crippen LogP contribution in [0.25, 0.3) is 0 Å². The van der Waals surface area contributed by atoms with Crippen molar-refractivity contribution in [3.05, 3.63) is 0 Å². The van der Waals surface area contributed by atoms with Gasteiger partial charge in [0.2, 0.25) is 0 Å². The zero-order chi connectivity index (χ0) is 9.73. The Hall–Kier alpha value is 0.350. The summed E-state index contributed by atoms with van der Waals surface area (Å²) in [6.07, 6.45) is 7.85. The van der Waals surface area contributed by atoms with Crippen molar-refractivity contribution in [2.45, 2.75) is 37.4 Å². The third-order valence-electron chi connectivity index (χ3n) is 7.11. The summed E-state index contributed by atoms with van der Waals surface area (Å²) < 4.78 is 0. The van der Waals surface area contributed by atoms with E-state index in [1.165, 1.54) is 36.0 Å². The van der Waals surface area contributed by atoms with E-state index in [0.29, 0.717) is 0 Å². The highest BCUT2D eigenvalue weighted by Gasteiger charge is 2.68. The zero-order valence-electron chi connectivity index (χ0n) is 9.18. The van der Waals surface area contributed by atoms with E-state index in [1.54, 1.807) is 25.7 Å². The lowest BCUT2D eigenvalue weighted by molar-refractivity contribution is -0.00122. The molecule has 0 heterocycles. The van der Waals surface area contributed by atoms with Gasteiger partial charge >= 0.3 is 0 Å². The highest BCUT2D eigenvalue weighted by molar-refractivity contribution is 7.81. The van der Waals surface area contributed by atoms with Gasteiger partial charge in [0.05, 0.1) is 0 Å². The molecule has 5 fully saturated rings. The van der Waals surface area contributed by atoms with Crippen molar-refractivity contribution in [2.75, 3.05) is 0 Å². The molecule has 0 aromatic heterocycles. The molecular weight excluding hydrogens is 200 g/mol. The second kappa shape index (κ2) is 2.44. The fourth-order valence-electron chi connectivity index (χ4n) is 6.82. The minimum Gasteiger partial charge on any atom is -0.176 e. The SMILES string of the molecule is SC1CC2CC1C1C3CC(C4CCC43)C21. The molecule has 0 amide bonds. The normalized spacial score (nSPS) is 73.0. The van der Waals surface area contributed by atoms with Crippen molar-refractivity contribution in [2.24, 2.45) is 47.3 Å². The maximum atomic E-state index is 4.84. The van der Waals surface area contributed by atoms with Crippen molar-refractivity contribution in [3.63, 3.8) is 0 Å². The van der Waals surface area contributed by atoms with Gasteiger partial charge in [-0.15, -0.1) is 0 Å². The van der Waals surface area contributed by atoms with Gasteiger partial charge < -0.3 is 0 Å². The molecule has 0 aliphatic heterocycles. The molecule has 15 heavy (non-hydrogen) atoms. The summed E-state index contributed by atoms with van der Waals surface area (Å²) in [6.45, 7) is 0. The Morgan fingerprint density at radius 2 is 1.40 bits per heavy atom. The highest BCUT2D eigenvalue weighted by Crippen LogP contribution is 2.74. The molecule has 82 valence electrons. The van der Waals surface area contributed by atoms with Crippen LogP contribution in [0.2, 0.25) is 0 Å². The van der Waals surface area contributed by atoms with Gasteiger partial charge in [-0.3, -0.25) is 0 Å². The maximum Gasteiger partial charge on any atom is 0.00507 e. The summed E-state index contributed by atoms with van der Waals surface area (Å²) >= 11 is 4.84. The molecule has 5 aliphatic rings. The van der Waals surface area contributed by atoms with Crippen molar-refractivity contribution >= 4 is 12.6 Å². The number of rotatable bonds is 0. The molecule has 0 aromatic rings. The molecule has 0 nitrogen and oxygen atoms in total. The first kappa shape index (κ1) is 8.44. The zero-order valence-corrected chi connectivity index (χ0v) is 10.1. The molecule has 0 saturated heterocycles. The van der Waals surface area contributed by atoms with Crippen LogP contribution in [0.1, 0.15) is 32.1 Å². The van der Waals surface area contributed by atoms with Crippen LogP contribution in [0.5, 0.6) is 0 Å². The molecule has 5 rings (SSSR count). The predicted molar refractivity (Wildman–Crippen MR) is 63.8 cm³/mol. The molecule has 5 saturated carbocycles. The van der Waals surface area contributed by atoms with Crippen molar-refractivity contribution in [3.8, 4) is 0 Å². The monoisotopic (exact) mass is 220 g/mol. The number of hydrogen-bond acceptors (Lipinski definition) is 1. The minimum atomic E-state index is 0.786. The number of fused-ring (bicyclic) bond motifs is 12. The van der Waals surface area contributed by atoms with Crippen LogP contribution in [-0.2, 0) is 0 Å². The maximum absolute atomic E-state index is 4.84. The molecule has 0 radical (unpaired) electrons. The van der Waals surface area contributed by atoms with E-state index in [-0.39, 0.29) is 0 Å². The van der Waals surface area contributed by atoms with Crippen LogP contribution in [0, 0.1) is 47.3 Å². The minimum absolute atomic E-state index is 0.786. The fraction of sp³-hybridized carbons (Fsp3) is 1.00. The van der Waals surface area contributed by atoms with Crippen molar-refractivity contribution in [1.82, 2.24) is 0 Å². The van der Waals surface area contributed by atoms with E-state index < -0.39 is 0 Å². The first-order valence-corrected chi connectivity index (χ1v) is 7.54. The Morgan fingerprint density at radius 1 is 0.667 bits per heavy atom. The molecule has 9 atom stereocenters. The van der Waals surface area contributed by atoms with Crippen LogP contribution in [0.4, 0.5) is 0 Å². The lowest BCUT2D eigenvalue weighted by Crippen LogP contribution is -2.44. The first-order chi connectivity index (χ1) is 7.34. The van der Waals surface area contributed by atoms with Crippen molar-refractivity contribution in [1.29, 1.82) is 0 Å². The van der Waals surface area contributed by atoms with Gasteiger partial charge in [-0.25, -0.2) is 0 Å². The van der Waals surface area contributed by atoms with E-state index in [2.05, 4.69) is 0 Å². The average molecular weight is 220 g/mol. The second-order valence-electron chi connectivity index (χ2n) is 7.09. The quantitative estimate of drug-likeness (QED) is 0.470. The van der Waals surface area contributed by atoms with Crippen LogP contribution in [0.15, 0.2) is 0 Å². The van der Waals surface area contributed by atoms with Crippen LogP contribution in [-0.4, -0.2) is 5.25 Å². The first-order valence-electron chi connectivity index (χ1n) is 7.02. The van der Waals surface area contributed by atoms with Crippen LogP contribution < -0.4 is 0 Å². The Kier molecular flexibility index (Phi) is 1.38. The summed E-state index contributed by atoms with van der Waals surface area (Å²) in [6, 6.07) is 0. The molecule has 1 heteroatoms. The van der Waals surface area contributed by atoms with Crippen LogP contribution >= 0.6 is 12.6 Å². The van der Waals surface area contributed by atoms with Crippen molar-refractivity contribution < 1.29 is 0 Å². The van der Waals surface area contributed by atoms with E-state index >= 15 is 0 Å². The summed E-state index contributed by atoms with van der Waals surface area (Å²) in [5.74, 6) is 9.24. The van der Waals surface area contributed by atoms with Crippen LogP contribution in [0.3, 0.4) is 0 Å². The lowest BCUT2D eigenvalue weighted by atomic mass is 9.56. The Morgan fingerprint density at radius 3 is 2.13 bits per heavy atom. The van der Waals surface area contributed by atoms with E-state index in [0.717, 1.165) is 23.0 Å². The van der Waals surface area contributed by atoms with Gasteiger partial charge in [0.25, 0.3) is 0 Å². The van der Waals surface area contributed by atoms with Gasteiger partial charge in [0, 0.05) is 5.25 Å².